The van der Waals surface area contributed by atoms with E-state index in [0.29, 0.717) is 43.8 Å². The van der Waals surface area contributed by atoms with Crippen molar-refractivity contribution in [3.05, 3.63) is 70.2 Å². The van der Waals surface area contributed by atoms with Gasteiger partial charge in [-0.2, -0.15) is 0 Å². The molecule has 1 heterocycles. The monoisotopic (exact) mass is 457 g/mol. The lowest BCUT2D eigenvalue weighted by Gasteiger charge is -2.16. The Morgan fingerprint density at radius 3 is 2.79 bits per heavy atom. The number of rotatable bonds is 10. The zero-order valence-corrected chi connectivity index (χ0v) is 18.1. The first-order valence-corrected chi connectivity index (χ1v) is 10.1. The van der Waals surface area contributed by atoms with Crippen molar-refractivity contribution in [2.24, 2.45) is 0 Å². The summed E-state index contributed by atoms with van der Waals surface area (Å²) in [5, 5.41) is 14.9. The topological polar surface area (TPSA) is 74.1 Å². The molecule has 2 aromatic carbocycles. The molecule has 0 aliphatic rings. The minimum Gasteiger partial charge on any atom is -0.490 e. The first kappa shape index (κ1) is 20.9. The standard InChI is InChI=1S/C21H24BrN5O2/c1-4-9-27-21(24-25-26-27)23-13-17-11-19(28-5-2)20(12-18(17)22)29-14-16-8-6-7-15(3)10-16/h4,6-8,10-12H,1,5,9,13-14H2,2-3H3,(H,23,24,26). The SMILES string of the molecule is C=CCn1nnnc1NCc1cc(OCC)c(OCc2cccc(C)c2)cc1Br. The average Bonchev–Trinajstić information content (AvgIpc) is 3.14. The molecule has 8 heteroatoms. The molecule has 7 nitrogen and oxygen atoms in total. The van der Waals surface area contributed by atoms with E-state index < -0.39 is 0 Å². The molecule has 0 spiro atoms. The van der Waals surface area contributed by atoms with E-state index in [1.54, 1.807) is 10.8 Å². The Labute approximate surface area is 178 Å². The molecule has 0 aliphatic carbocycles. The van der Waals surface area contributed by atoms with Crippen LogP contribution in [0.3, 0.4) is 0 Å². The normalized spacial score (nSPS) is 10.6. The van der Waals surface area contributed by atoms with Crippen molar-refractivity contribution in [2.45, 2.75) is 33.5 Å². The minimum absolute atomic E-state index is 0.474. The Hall–Kier alpha value is -2.87. The number of hydrogen-bond donors (Lipinski definition) is 1. The van der Waals surface area contributed by atoms with Crippen LogP contribution in [0.2, 0.25) is 0 Å². The molecule has 0 saturated carbocycles. The average molecular weight is 458 g/mol. The van der Waals surface area contributed by atoms with Crippen LogP contribution >= 0.6 is 15.9 Å². The molecule has 0 unspecified atom stereocenters. The second-order valence-corrected chi connectivity index (χ2v) is 7.28. The molecule has 3 rings (SSSR count). The summed E-state index contributed by atoms with van der Waals surface area (Å²) < 4.78 is 14.4. The van der Waals surface area contributed by atoms with E-state index in [0.717, 1.165) is 15.6 Å². The number of benzene rings is 2. The number of nitrogens with zero attached hydrogens (tertiary/aromatic N) is 4. The summed E-state index contributed by atoms with van der Waals surface area (Å²) in [7, 11) is 0. The second kappa shape index (κ2) is 10.1. The van der Waals surface area contributed by atoms with Crippen LogP contribution in [0, 0.1) is 6.92 Å². The fourth-order valence-corrected chi connectivity index (χ4v) is 3.27. The number of hydrogen-bond acceptors (Lipinski definition) is 6. The van der Waals surface area contributed by atoms with Crippen LogP contribution in [0.5, 0.6) is 11.5 Å². The molecular weight excluding hydrogens is 434 g/mol. The van der Waals surface area contributed by atoms with Crippen molar-refractivity contribution >= 4 is 21.9 Å². The van der Waals surface area contributed by atoms with E-state index in [1.165, 1.54) is 5.56 Å². The number of halogens is 1. The van der Waals surface area contributed by atoms with E-state index in [-0.39, 0.29) is 0 Å². The molecule has 152 valence electrons. The van der Waals surface area contributed by atoms with Crippen molar-refractivity contribution in [3.63, 3.8) is 0 Å². The largest absolute Gasteiger partial charge is 0.490 e. The highest BCUT2D eigenvalue weighted by molar-refractivity contribution is 9.10. The zero-order chi connectivity index (χ0) is 20.6. The Morgan fingerprint density at radius 1 is 1.21 bits per heavy atom. The summed E-state index contributed by atoms with van der Waals surface area (Å²) in [4.78, 5) is 0. The van der Waals surface area contributed by atoms with Gasteiger partial charge in [0.2, 0.25) is 5.95 Å². The van der Waals surface area contributed by atoms with Crippen LogP contribution in [0.25, 0.3) is 0 Å². The molecule has 0 atom stereocenters. The van der Waals surface area contributed by atoms with Crippen LogP contribution < -0.4 is 14.8 Å². The molecule has 1 N–H and O–H groups in total. The summed E-state index contributed by atoms with van der Waals surface area (Å²) in [6.07, 6.45) is 1.74. The summed E-state index contributed by atoms with van der Waals surface area (Å²) in [6, 6.07) is 12.2. The van der Waals surface area contributed by atoms with Crippen molar-refractivity contribution in [1.82, 2.24) is 20.2 Å². The van der Waals surface area contributed by atoms with E-state index in [4.69, 9.17) is 9.47 Å². The fourth-order valence-electron chi connectivity index (χ4n) is 2.81. The maximum absolute atomic E-state index is 6.05. The fraction of sp³-hybridized carbons (Fsp3) is 0.286. The summed E-state index contributed by atoms with van der Waals surface area (Å²) in [5.41, 5.74) is 3.32. The lowest BCUT2D eigenvalue weighted by molar-refractivity contribution is 0.269. The van der Waals surface area contributed by atoms with Gasteiger partial charge < -0.3 is 14.8 Å². The zero-order valence-electron chi connectivity index (χ0n) is 16.6. The number of nitrogens with one attached hydrogen (secondary N) is 1. The third kappa shape index (κ3) is 5.57. The predicted octanol–water partition coefficient (Wildman–Crippen LogP) is 4.52. The van der Waals surface area contributed by atoms with Gasteiger partial charge in [0.15, 0.2) is 11.5 Å². The van der Waals surface area contributed by atoms with Gasteiger partial charge in [-0.05, 0) is 47.5 Å². The van der Waals surface area contributed by atoms with E-state index in [1.807, 2.05) is 31.2 Å². The summed E-state index contributed by atoms with van der Waals surface area (Å²) in [6.45, 7) is 9.81. The Bertz CT molecular complexity index is 973. The van der Waals surface area contributed by atoms with Gasteiger partial charge in [0, 0.05) is 11.0 Å². The number of aryl methyl sites for hydroxylation is 1. The van der Waals surface area contributed by atoms with E-state index in [2.05, 4.69) is 62.4 Å². The Kier molecular flexibility index (Phi) is 7.24. The minimum atomic E-state index is 0.474. The predicted molar refractivity (Wildman–Crippen MR) is 116 cm³/mol. The quantitative estimate of drug-likeness (QED) is 0.451. The first-order valence-electron chi connectivity index (χ1n) is 9.35. The summed E-state index contributed by atoms with van der Waals surface area (Å²) in [5.74, 6) is 1.97. The van der Waals surface area contributed by atoms with Crippen molar-refractivity contribution < 1.29 is 9.47 Å². The second-order valence-electron chi connectivity index (χ2n) is 6.43. The van der Waals surface area contributed by atoms with Crippen molar-refractivity contribution in [3.8, 4) is 11.5 Å². The number of anilines is 1. The van der Waals surface area contributed by atoms with E-state index in [9.17, 15) is 0 Å². The van der Waals surface area contributed by atoms with Crippen LogP contribution in [0.1, 0.15) is 23.6 Å². The third-order valence-corrected chi connectivity index (χ3v) is 4.90. The van der Waals surface area contributed by atoms with Crippen LogP contribution in [-0.2, 0) is 19.7 Å². The highest BCUT2D eigenvalue weighted by Crippen LogP contribution is 2.34. The van der Waals surface area contributed by atoms with Gasteiger partial charge in [-0.25, -0.2) is 4.68 Å². The number of aromatic nitrogens is 4. The molecular formula is C21H24BrN5O2. The Balaban J connectivity index is 1.74. The smallest absolute Gasteiger partial charge is 0.243 e. The van der Waals surface area contributed by atoms with Gasteiger partial charge in [-0.15, -0.1) is 6.58 Å². The molecule has 29 heavy (non-hydrogen) atoms. The molecule has 1 aromatic heterocycles. The summed E-state index contributed by atoms with van der Waals surface area (Å²) >= 11 is 3.63. The van der Waals surface area contributed by atoms with Gasteiger partial charge in [-0.3, -0.25) is 0 Å². The molecule has 0 saturated heterocycles. The highest BCUT2D eigenvalue weighted by atomic mass is 79.9. The van der Waals surface area contributed by atoms with Crippen molar-refractivity contribution in [1.29, 1.82) is 0 Å². The number of ether oxygens (including phenoxy) is 2. The molecule has 0 amide bonds. The van der Waals surface area contributed by atoms with Crippen LogP contribution in [0.4, 0.5) is 5.95 Å². The Morgan fingerprint density at radius 2 is 2.03 bits per heavy atom. The van der Waals surface area contributed by atoms with Gasteiger partial charge in [-0.1, -0.05) is 56.9 Å². The van der Waals surface area contributed by atoms with Crippen molar-refractivity contribution in [2.75, 3.05) is 11.9 Å². The highest BCUT2D eigenvalue weighted by Gasteiger charge is 2.13. The van der Waals surface area contributed by atoms with Gasteiger partial charge >= 0.3 is 0 Å². The molecule has 0 bridgehead atoms. The number of tetrazole rings is 1. The van der Waals surface area contributed by atoms with Crippen LogP contribution in [0.15, 0.2) is 53.5 Å². The number of allylic oxidation sites excluding steroid dienone is 1. The lowest BCUT2D eigenvalue weighted by atomic mass is 10.1. The lowest BCUT2D eigenvalue weighted by Crippen LogP contribution is -2.09. The van der Waals surface area contributed by atoms with E-state index >= 15 is 0 Å². The molecule has 3 aromatic rings. The molecule has 0 radical (unpaired) electrons. The maximum Gasteiger partial charge on any atom is 0.243 e. The van der Waals surface area contributed by atoms with Crippen LogP contribution in [-0.4, -0.2) is 26.8 Å². The third-order valence-electron chi connectivity index (χ3n) is 4.16. The van der Waals surface area contributed by atoms with Gasteiger partial charge in [0.1, 0.15) is 6.61 Å². The molecule has 0 aliphatic heterocycles. The first-order chi connectivity index (χ1) is 14.1. The van der Waals surface area contributed by atoms with Gasteiger partial charge in [0.05, 0.1) is 13.2 Å². The maximum atomic E-state index is 6.05. The molecule has 0 fully saturated rings. The van der Waals surface area contributed by atoms with Gasteiger partial charge in [0.25, 0.3) is 0 Å².